The summed E-state index contributed by atoms with van der Waals surface area (Å²) >= 11 is 0. The van der Waals surface area contributed by atoms with Crippen molar-refractivity contribution in [1.82, 2.24) is 0 Å². The van der Waals surface area contributed by atoms with Gasteiger partial charge in [-0.15, -0.1) is 0 Å². The maximum absolute atomic E-state index is 9.75. The highest BCUT2D eigenvalue weighted by molar-refractivity contribution is 4.89. The zero-order chi connectivity index (χ0) is 9.26. The van der Waals surface area contributed by atoms with Gasteiger partial charge in [0.15, 0.2) is 0 Å². The van der Waals surface area contributed by atoms with E-state index >= 15 is 0 Å². The maximum atomic E-state index is 9.75. The van der Waals surface area contributed by atoms with Crippen LogP contribution in [0.25, 0.3) is 0 Å². The van der Waals surface area contributed by atoms with Gasteiger partial charge in [0, 0.05) is 12.5 Å². The quantitative estimate of drug-likeness (QED) is 0.649. The van der Waals surface area contributed by atoms with Crippen LogP contribution in [-0.4, -0.2) is 22.9 Å². The van der Waals surface area contributed by atoms with E-state index in [1.807, 2.05) is 0 Å². The lowest BCUT2D eigenvalue weighted by atomic mass is 9.65. The Morgan fingerprint density at radius 2 is 1.77 bits per heavy atom. The van der Waals surface area contributed by atoms with Crippen LogP contribution in [0.1, 0.15) is 38.5 Å². The van der Waals surface area contributed by atoms with Gasteiger partial charge in [0.2, 0.25) is 0 Å². The second kappa shape index (κ2) is 3.97. The average Bonchev–Trinajstić information content (AvgIpc) is 2.18. The third-order valence-corrected chi connectivity index (χ3v) is 4.06. The third kappa shape index (κ3) is 1.75. The van der Waals surface area contributed by atoms with Gasteiger partial charge in [-0.05, 0) is 31.1 Å². The van der Waals surface area contributed by atoms with Crippen molar-refractivity contribution in [2.45, 2.75) is 44.6 Å². The first-order valence-electron chi connectivity index (χ1n) is 5.62. The van der Waals surface area contributed by atoms with Gasteiger partial charge in [-0.3, -0.25) is 0 Å². The molecule has 2 aliphatic carbocycles. The molecule has 2 aliphatic rings. The largest absolute Gasteiger partial charge is 0.396 e. The van der Waals surface area contributed by atoms with Gasteiger partial charge in [0.05, 0.1) is 6.10 Å². The number of fused-ring (bicyclic) bond motifs is 1. The van der Waals surface area contributed by atoms with Crippen molar-refractivity contribution in [3.63, 3.8) is 0 Å². The zero-order valence-corrected chi connectivity index (χ0v) is 8.15. The smallest absolute Gasteiger partial charge is 0.0593 e. The lowest BCUT2D eigenvalue weighted by Gasteiger charge is -2.43. The third-order valence-electron chi connectivity index (χ3n) is 4.06. The summed E-state index contributed by atoms with van der Waals surface area (Å²) in [5, 5.41) is 19.0. The molecule has 0 radical (unpaired) electrons. The Labute approximate surface area is 80.0 Å². The Kier molecular flexibility index (Phi) is 2.89. The molecular weight excluding hydrogens is 164 g/mol. The molecule has 0 spiro atoms. The molecule has 0 aliphatic heterocycles. The molecule has 2 N–H and O–H groups in total. The summed E-state index contributed by atoms with van der Waals surface area (Å²) in [5.74, 6) is 1.59. The average molecular weight is 184 g/mol. The van der Waals surface area contributed by atoms with Crippen molar-refractivity contribution in [2.24, 2.45) is 17.8 Å². The van der Waals surface area contributed by atoms with Crippen LogP contribution in [0.15, 0.2) is 0 Å². The van der Waals surface area contributed by atoms with Gasteiger partial charge >= 0.3 is 0 Å². The van der Waals surface area contributed by atoms with Crippen LogP contribution in [-0.2, 0) is 0 Å². The normalized spacial score (nSPS) is 45.7. The fourth-order valence-electron chi connectivity index (χ4n) is 3.30. The molecule has 0 aromatic rings. The van der Waals surface area contributed by atoms with E-state index in [4.69, 9.17) is 0 Å². The first-order valence-corrected chi connectivity index (χ1v) is 5.62. The summed E-state index contributed by atoms with van der Waals surface area (Å²) in [5.41, 5.74) is 0. The molecule has 0 heterocycles. The number of aliphatic hydroxyl groups excluding tert-OH is 2. The van der Waals surface area contributed by atoms with Gasteiger partial charge in [-0.25, -0.2) is 0 Å². The van der Waals surface area contributed by atoms with E-state index in [0.29, 0.717) is 5.92 Å². The molecule has 0 aromatic heterocycles. The minimum atomic E-state index is -0.232. The van der Waals surface area contributed by atoms with Crippen molar-refractivity contribution in [3.05, 3.63) is 0 Å². The predicted molar refractivity (Wildman–Crippen MR) is 51.3 cm³/mol. The van der Waals surface area contributed by atoms with Gasteiger partial charge in [0.25, 0.3) is 0 Å². The van der Waals surface area contributed by atoms with E-state index in [1.54, 1.807) is 0 Å². The first-order chi connectivity index (χ1) is 6.33. The van der Waals surface area contributed by atoms with Crippen LogP contribution in [0.5, 0.6) is 0 Å². The van der Waals surface area contributed by atoms with Crippen LogP contribution in [0, 0.1) is 17.8 Å². The summed E-state index contributed by atoms with van der Waals surface area (Å²) in [6.07, 6.45) is 7.07. The van der Waals surface area contributed by atoms with Crippen LogP contribution >= 0.6 is 0 Å². The Balaban J connectivity index is 2.04. The summed E-state index contributed by atoms with van der Waals surface area (Å²) in [4.78, 5) is 0. The molecule has 76 valence electrons. The second-order valence-electron chi connectivity index (χ2n) is 4.70. The van der Waals surface area contributed by atoms with E-state index in [0.717, 1.165) is 12.3 Å². The first kappa shape index (κ1) is 9.47. The lowest BCUT2D eigenvalue weighted by molar-refractivity contribution is -0.0396. The van der Waals surface area contributed by atoms with E-state index in [9.17, 15) is 10.2 Å². The molecule has 2 heteroatoms. The highest BCUT2D eigenvalue weighted by Crippen LogP contribution is 2.43. The highest BCUT2D eigenvalue weighted by Gasteiger charge is 2.38. The van der Waals surface area contributed by atoms with E-state index in [1.165, 1.54) is 32.1 Å². The van der Waals surface area contributed by atoms with Crippen molar-refractivity contribution < 1.29 is 10.2 Å². The van der Waals surface area contributed by atoms with Gasteiger partial charge in [-0.2, -0.15) is 0 Å². The Bertz CT molecular complexity index is 169. The molecule has 13 heavy (non-hydrogen) atoms. The number of rotatable bonds is 1. The van der Waals surface area contributed by atoms with Crippen LogP contribution < -0.4 is 0 Å². The van der Waals surface area contributed by atoms with Crippen molar-refractivity contribution in [1.29, 1.82) is 0 Å². The fraction of sp³-hybridized carbons (Fsp3) is 1.00. The summed E-state index contributed by atoms with van der Waals surface area (Å²) in [7, 11) is 0. The van der Waals surface area contributed by atoms with Crippen LogP contribution in [0.3, 0.4) is 0 Å². The van der Waals surface area contributed by atoms with Crippen molar-refractivity contribution in [3.8, 4) is 0 Å². The van der Waals surface area contributed by atoms with Gasteiger partial charge < -0.3 is 10.2 Å². The summed E-state index contributed by atoms with van der Waals surface area (Å²) in [6, 6.07) is 0. The van der Waals surface area contributed by atoms with Crippen molar-refractivity contribution in [2.75, 3.05) is 6.61 Å². The molecule has 4 atom stereocenters. The minimum Gasteiger partial charge on any atom is -0.396 e. The molecule has 2 rings (SSSR count). The highest BCUT2D eigenvalue weighted by atomic mass is 16.3. The molecule has 0 amide bonds. The second-order valence-corrected chi connectivity index (χ2v) is 4.70. The maximum Gasteiger partial charge on any atom is 0.0593 e. The number of hydrogen-bond acceptors (Lipinski definition) is 2. The molecular formula is C11H20O2. The predicted octanol–water partition coefficient (Wildman–Crippen LogP) is 1.56. The SMILES string of the molecule is OCC1C(O)CCC2CCCCC21. The minimum absolute atomic E-state index is 0.180. The standard InChI is InChI=1S/C11H20O2/c12-7-10-9-4-2-1-3-8(9)5-6-11(10)13/h8-13H,1-7H2. The monoisotopic (exact) mass is 184 g/mol. The van der Waals surface area contributed by atoms with Crippen molar-refractivity contribution >= 4 is 0 Å². The van der Waals surface area contributed by atoms with E-state index < -0.39 is 0 Å². The van der Waals surface area contributed by atoms with Gasteiger partial charge in [0.1, 0.15) is 0 Å². The Hall–Kier alpha value is -0.0800. The summed E-state index contributed by atoms with van der Waals surface area (Å²) < 4.78 is 0. The lowest BCUT2D eigenvalue weighted by Crippen LogP contribution is -2.41. The molecule has 0 bridgehead atoms. The van der Waals surface area contributed by atoms with E-state index in [-0.39, 0.29) is 18.6 Å². The van der Waals surface area contributed by atoms with E-state index in [2.05, 4.69) is 0 Å². The molecule has 2 fully saturated rings. The zero-order valence-electron chi connectivity index (χ0n) is 8.15. The number of hydrogen-bond donors (Lipinski definition) is 2. The Morgan fingerprint density at radius 3 is 2.54 bits per heavy atom. The Morgan fingerprint density at radius 1 is 1.00 bits per heavy atom. The number of aliphatic hydroxyl groups is 2. The molecule has 0 saturated heterocycles. The van der Waals surface area contributed by atoms with Gasteiger partial charge in [-0.1, -0.05) is 19.3 Å². The molecule has 2 saturated carbocycles. The molecule has 4 unspecified atom stereocenters. The van der Waals surface area contributed by atoms with Crippen LogP contribution in [0.4, 0.5) is 0 Å². The fourth-order valence-corrected chi connectivity index (χ4v) is 3.30. The van der Waals surface area contributed by atoms with Crippen LogP contribution in [0.2, 0.25) is 0 Å². The topological polar surface area (TPSA) is 40.5 Å². The summed E-state index contributed by atoms with van der Waals surface area (Å²) in [6.45, 7) is 0.183. The molecule has 0 aromatic carbocycles. The molecule has 2 nitrogen and oxygen atoms in total.